The normalized spacial score (nSPS) is 15.0. The fraction of sp³-hybridized carbons (Fsp3) is 0.217. The summed E-state index contributed by atoms with van der Waals surface area (Å²) in [6.07, 6.45) is 6.30. The van der Waals surface area contributed by atoms with E-state index in [9.17, 15) is 4.79 Å². The first-order valence-corrected chi connectivity index (χ1v) is 9.87. The summed E-state index contributed by atoms with van der Waals surface area (Å²) in [5.41, 5.74) is 10.7. The van der Waals surface area contributed by atoms with Crippen LogP contribution in [0.2, 0.25) is 0 Å². The SMILES string of the molecule is COC(=O)c1ncnc2c1cc(-c1ccccn1)n2-c1ccc(C2(N)CCC2)cc1. The van der Waals surface area contributed by atoms with Gasteiger partial charge in [-0.3, -0.25) is 9.55 Å². The number of rotatable bonds is 4. The molecule has 0 spiro atoms. The first kappa shape index (κ1) is 18.4. The number of nitrogens with two attached hydrogens (primary N) is 1. The molecule has 1 aliphatic carbocycles. The molecule has 0 unspecified atom stereocenters. The van der Waals surface area contributed by atoms with Gasteiger partial charge in [0.05, 0.1) is 23.9 Å². The fourth-order valence-electron chi connectivity index (χ4n) is 4.02. The van der Waals surface area contributed by atoms with E-state index in [-0.39, 0.29) is 11.2 Å². The maximum Gasteiger partial charge on any atom is 0.357 e. The van der Waals surface area contributed by atoms with Crippen molar-refractivity contribution in [3.05, 3.63) is 72.3 Å². The van der Waals surface area contributed by atoms with Crippen molar-refractivity contribution in [1.82, 2.24) is 19.5 Å². The maximum atomic E-state index is 12.3. The van der Waals surface area contributed by atoms with E-state index in [2.05, 4.69) is 27.1 Å². The molecule has 4 aromatic rings. The highest BCUT2D eigenvalue weighted by molar-refractivity contribution is 6.02. The van der Waals surface area contributed by atoms with Gasteiger partial charge in [-0.2, -0.15) is 0 Å². The van der Waals surface area contributed by atoms with Crippen LogP contribution in [0.15, 0.2) is 61.1 Å². The van der Waals surface area contributed by atoms with Gasteiger partial charge in [-0.25, -0.2) is 14.8 Å². The van der Waals surface area contributed by atoms with Crippen LogP contribution in [0, 0.1) is 0 Å². The van der Waals surface area contributed by atoms with Gasteiger partial charge in [0.25, 0.3) is 0 Å². The predicted molar refractivity (Wildman–Crippen MR) is 113 cm³/mol. The van der Waals surface area contributed by atoms with Crippen molar-refractivity contribution < 1.29 is 9.53 Å². The van der Waals surface area contributed by atoms with Crippen LogP contribution in [0.1, 0.15) is 35.3 Å². The van der Waals surface area contributed by atoms with Gasteiger partial charge in [-0.05, 0) is 55.2 Å². The number of methoxy groups -OCH3 is 1. The van der Waals surface area contributed by atoms with Crippen LogP contribution in [-0.2, 0) is 10.3 Å². The zero-order valence-electron chi connectivity index (χ0n) is 16.6. The van der Waals surface area contributed by atoms with E-state index < -0.39 is 5.97 Å². The number of benzene rings is 1. The average molecular weight is 399 g/mol. The van der Waals surface area contributed by atoms with Gasteiger partial charge < -0.3 is 10.5 Å². The summed E-state index contributed by atoms with van der Waals surface area (Å²) in [5, 5.41) is 0.614. The molecular weight excluding hydrogens is 378 g/mol. The predicted octanol–water partition coefficient (Wildman–Crippen LogP) is 3.61. The molecule has 1 aromatic carbocycles. The monoisotopic (exact) mass is 399 g/mol. The van der Waals surface area contributed by atoms with E-state index >= 15 is 0 Å². The van der Waals surface area contributed by atoms with Crippen molar-refractivity contribution >= 4 is 17.0 Å². The van der Waals surface area contributed by atoms with Gasteiger partial charge in [0, 0.05) is 17.4 Å². The summed E-state index contributed by atoms with van der Waals surface area (Å²) in [7, 11) is 1.34. The number of esters is 1. The molecule has 0 amide bonds. The van der Waals surface area contributed by atoms with Crippen molar-refractivity contribution in [3.8, 4) is 17.1 Å². The molecular formula is C23H21N5O2. The van der Waals surface area contributed by atoms with Gasteiger partial charge in [-0.15, -0.1) is 0 Å². The first-order valence-electron chi connectivity index (χ1n) is 9.87. The molecule has 1 aliphatic rings. The highest BCUT2D eigenvalue weighted by Gasteiger charge is 2.34. The second-order valence-electron chi connectivity index (χ2n) is 7.59. The Morgan fingerprint density at radius 3 is 2.53 bits per heavy atom. The zero-order valence-corrected chi connectivity index (χ0v) is 16.6. The van der Waals surface area contributed by atoms with Gasteiger partial charge in [0.1, 0.15) is 12.0 Å². The van der Waals surface area contributed by atoms with Gasteiger partial charge in [-0.1, -0.05) is 18.2 Å². The lowest BCUT2D eigenvalue weighted by atomic mass is 9.73. The second kappa shape index (κ2) is 7.03. The van der Waals surface area contributed by atoms with Crippen molar-refractivity contribution in [2.75, 3.05) is 7.11 Å². The third kappa shape index (κ3) is 2.86. The molecule has 30 heavy (non-hydrogen) atoms. The summed E-state index contributed by atoms with van der Waals surface area (Å²) in [6.45, 7) is 0. The van der Waals surface area contributed by atoms with Crippen molar-refractivity contribution in [2.24, 2.45) is 5.73 Å². The number of ether oxygens (including phenoxy) is 1. The van der Waals surface area contributed by atoms with Crippen molar-refractivity contribution in [2.45, 2.75) is 24.8 Å². The molecule has 150 valence electrons. The molecule has 1 saturated carbocycles. The summed E-state index contributed by atoms with van der Waals surface area (Å²) >= 11 is 0. The highest BCUT2D eigenvalue weighted by Crippen LogP contribution is 2.39. The Balaban J connectivity index is 1.72. The molecule has 7 nitrogen and oxygen atoms in total. The number of carbonyl (C=O) groups excluding carboxylic acids is 1. The smallest absolute Gasteiger partial charge is 0.357 e. The van der Waals surface area contributed by atoms with Gasteiger partial charge in [0.15, 0.2) is 5.69 Å². The van der Waals surface area contributed by atoms with E-state index in [0.717, 1.165) is 41.9 Å². The zero-order chi connectivity index (χ0) is 20.7. The number of pyridine rings is 1. The maximum absolute atomic E-state index is 12.3. The molecule has 0 atom stereocenters. The van der Waals surface area contributed by atoms with Crippen LogP contribution < -0.4 is 5.73 Å². The molecule has 2 N–H and O–H groups in total. The van der Waals surface area contributed by atoms with E-state index in [4.69, 9.17) is 10.5 Å². The quantitative estimate of drug-likeness (QED) is 0.527. The Bertz CT molecular complexity index is 1230. The number of carbonyl (C=O) groups is 1. The minimum atomic E-state index is -0.502. The van der Waals surface area contributed by atoms with Gasteiger partial charge >= 0.3 is 5.97 Å². The van der Waals surface area contributed by atoms with E-state index in [0.29, 0.717) is 11.0 Å². The third-order valence-corrected chi connectivity index (χ3v) is 5.85. The molecule has 0 saturated heterocycles. The van der Waals surface area contributed by atoms with Crippen LogP contribution in [0.3, 0.4) is 0 Å². The Morgan fingerprint density at radius 1 is 1.10 bits per heavy atom. The lowest BCUT2D eigenvalue weighted by Gasteiger charge is -2.38. The minimum Gasteiger partial charge on any atom is -0.464 e. The number of nitrogens with zero attached hydrogens (tertiary/aromatic N) is 4. The molecule has 7 heteroatoms. The van der Waals surface area contributed by atoms with Crippen LogP contribution in [0.25, 0.3) is 28.1 Å². The van der Waals surface area contributed by atoms with Gasteiger partial charge in [0.2, 0.25) is 0 Å². The second-order valence-corrected chi connectivity index (χ2v) is 7.59. The Hall–Kier alpha value is -3.58. The molecule has 5 rings (SSSR count). The standard InChI is InChI=1S/C23H21N5O2/c1-30-22(29)20-17-13-19(18-5-2-3-12-25-18)28(21(17)27-14-26-20)16-8-6-15(7-9-16)23(24)10-4-11-23/h2-3,5-9,12-14H,4,10-11,24H2,1H3. The van der Waals surface area contributed by atoms with Crippen molar-refractivity contribution in [1.29, 1.82) is 0 Å². The lowest BCUT2D eigenvalue weighted by Crippen LogP contribution is -2.43. The summed E-state index contributed by atoms with van der Waals surface area (Å²) in [6, 6.07) is 15.8. The van der Waals surface area contributed by atoms with Crippen LogP contribution >= 0.6 is 0 Å². The molecule has 0 radical (unpaired) electrons. The fourth-order valence-corrected chi connectivity index (χ4v) is 4.02. The Labute approximate surface area is 173 Å². The molecule has 1 fully saturated rings. The molecule has 0 aliphatic heterocycles. The largest absolute Gasteiger partial charge is 0.464 e. The average Bonchev–Trinajstić information content (AvgIpc) is 3.17. The third-order valence-electron chi connectivity index (χ3n) is 5.85. The number of hydrogen-bond acceptors (Lipinski definition) is 6. The van der Waals surface area contributed by atoms with Crippen LogP contribution in [0.4, 0.5) is 0 Å². The van der Waals surface area contributed by atoms with Crippen molar-refractivity contribution in [3.63, 3.8) is 0 Å². The lowest BCUT2D eigenvalue weighted by molar-refractivity contribution is 0.0596. The molecule has 3 heterocycles. The van der Waals surface area contributed by atoms with E-state index in [1.54, 1.807) is 6.20 Å². The topological polar surface area (TPSA) is 95.9 Å². The summed E-state index contributed by atoms with van der Waals surface area (Å²) < 4.78 is 6.89. The summed E-state index contributed by atoms with van der Waals surface area (Å²) in [4.78, 5) is 25.4. The first-order chi connectivity index (χ1) is 14.6. The highest BCUT2D eigenvalue weighted by atomic mass is 16.5. The number of fused-ring (bicyclic) bond motifs is 1. The summed E-state index contributed by atoms with van der Waals surface area (Å²) in [5.74, 6) is -0.502. The molecule has 3 aromatic heterocycles. The number of hydrogen-bond donors (Lipinski definition) is 1. The van der Waals surface area contributed by atoms with E-state index in [1.165, 1.54) is 13.4 Å². The van der Waals surface area contributed by atoms with Crippen LogP contribution in [0.5, 0.6) is 0 Å². The number of aromatic nitrogens is 4. The van der Waals surface area contributed by atoms with Crippen LogP contribution in [-0.4, -0.2) is 32.6 Å². The Kier molecular flexibility index (Phi) is 4.33. The molecule has 0 bridgehead atoms. The minimum absolute atomic E-state index is 0.221. The Morgan fingerprint density at radius 2 is 1.90 bits per heavy atom. The van der Waals surface area contributed by atoms with E-state index in [1.807, 2.05) is 41.0 Å².